The number of nitrogens with one attached hydrogen (secondary N) is 1. The number of hydrogen-bond donors (Lipinski definition) is 2. The van der Waals surface area contributed by atoms with E-state index >= 15 is 0 Å². The molecule has 94 valence electrons. The summed E-state index contributed by atoms with van der Waals surface area (Å²) in [7, 11) is 0. The van der Waals surface area contributed by atoms with Gasteiger partial charge in [-0.25, -0.2) is 0 Å². The molecule has 1 aromatic rings. The lowest BCUT2D eigenvalue weighted by Crippen LogP contribution is -2.51. The maximum absolute atomic E-state index is 10.8. The summed E-state index contributed by atoms with van der Waals surface area (Å²) in [6.07, 6.45) is 2.52. The Bertz CT molecular complexity index is 382. The molecule has 17 heavy (non-hydrogen) atoms. The summed E-state index contributed by atoms with van der Waals surface area (Å²) in [6, 6.07) is 7.81. The van der Waals surface area contributed by atoms with Crippen molar-refractivity contribution in [2.45, 2.75) is 31.8 Å². The second-order valence-corrected chi connectivity index (χ2v) is 5.41. The maximum atomic E-state index is 10.8. The molecule has 1 saturated heterocycles. The SMILES string of the molecule is CCC1CNCCC1(O)Cc1cccc(Cl)c1. The van der Waals surface area contributed by atoms with Crippen LogP contribution in [0.1, 0.15) is 25.3 Å². The van der Waals surface area contributed by atoms with Crippen LogP contribution in [0.2, 0.25) is 5.02 Å². The van der Waals surface area contributed by atoms with Crippen LogP contribution in [0.4, 0.5) is 0 Å². The van der Waals surface area contributed by atoms with Crippen molar-refractivity contribution in [3.63, 3.8) is 0 Å². The Balaban J connectivity index is 2.14. The molecule has 3 heteroatoms. The van der Waals surface area contributed by atoms with E-state index in [4.69, 9.17) is 11.6 Å². The van der Waals surface area contributed by atoms with E-state index in [0.717, 1.165) is 36.5 Å². The lowest BCUT2D eigenvalue weighted by Gasteiger charge is -2.40. The molecule has 2 atom stereocenters. The fourth-order valence-corrected chi connectivity index (χ4v) is 2.95. The molecule has 1 aliphatic heterocycles. The molecule has 0 bridgehead atoms. The molecule has 1 aromatic carbocycles. The molecular weight excluding hydrogens is 234 g/mol. The van der Waals surface area contributed by atoms with Gasteiger partial charge in [0.1, 0.15) is 0 Å². The van der Waals surface area contributed by atoms with Gasteiger partial charge in [0, 0.05) is 23.9 Å². The van der Waals surface area contributed by atoms with E-state index in [1.165, 1.54) is 0 Å². The van der Waals surface area contributed by atoms with Crippen LogP contribution < -0.4 is 5.32 Å². The zero-order chi connectivity index (χ0) is 12.3. The van der Waals surface area contributed by atoms with Crippen molar-refractivity contribution in [3.8, 4) is 0 Å². The minimum absolute atomic E-state index is 0.329. The molecule has 0 spiro atoms. The number of benzene rings is 1. The van der Waals surface area contributed by atoms with Crippen LogP contribution in [-0.4, -0.2) is 23.8 Å². The van der Waals surface area contributed by atoms with E-state index in [2.05, 4.69) is 12.2 Å². The monoisotopic (exact) mass is 253 g/mol. The van der Waals surface area contributed by atoms with Gasteiger partial charge in [-0.15, -0.1) is 0 Å². The average Bonchev–Trinajstić information content (AvgIpc) is 2.29. The third-order valence-corrected chi connectivity index (χ3v) is 4.01. The van der Waals surface area contributed by atoms with Crippen molar-refractivity contribution in [1.29, 1.82) is 0 Å². The van der Waals surface area contributed by atoms with Crippen LogP contribution in [-0.2, 0) is 6.42 Å². The number of rotatable bonds is 3. The molecule has 0 radical (unpaired) electrons. The Labute approximate surface area is 108 Å². The third-order valence-electron chi connectivity index (χ3n) is 3.78. The lowest BCUT2D eigenvalue weighted by molar-refractivity contribution is -0.0414. The largest absolute Gasteiger partial charge is 0.389 e. The number of piperidine rings is 1. The smallest absolute Gasteiger partial charge is 0.0740 e. The van der Waals surface area contributed by atoms with Crippen LogP contribution in [0.3, 0.4) is 0 Å². The van der Waals surface area contributed by atoms with E-state index in [1.54, 1.807) is 0 Å². The molecular formula is C14H20ClNO. The standard InChI is InChI=1S/C14H20ClNO/c1-2-12-10-16-7-6-14(12,17)9-11-4-3-5-13(15)8-11/h3-5,8,12,16-17H,2,6-7,9-10H2,1H3. The summed E-state index contributed by atoms with van der Waals surface area (Å²) in [5, 5.41) is 14.9. The van der Waals surface area contributed by atoms with Crippen LogP contribution in [0.15, 0.2) is 24.3 Å². The quantitative estimate of drug-likeness (QED) is 0.868. The van der Waals surface area contributed by atoms with E-state index in [9.17, 15) is 5.11 Å². The van der Waals surface area contributed by atoms with Crippen LogP contribution in [0.25, 0.3) is 0 Å². The van der Waals surface area contributed by atoms with Gasteiger partial charge >= 0.3 is 0 Å². The van der Waals surface area contributed by atoms with Crippen molar-refractivity contribution < 1.29 is 5.11 Å². The summed E-state index contributed by atoms with van der Waals surface area (Å²) in [4.78, 5) is 0. The van der Waals surface area contributed by atoms with E-state index < -0.39 is 5.60 Å². The summed E-state index contributed by atoms with van der Waals surface area (Å²) in [5.74, 6) is 0.329. The molecule has 0 aliphatic carbocycles. The number of aliphatic hydroxyl groups is 1. The number of hydrogen-bond acceptors (Lipinski definition) is 2. The molecule has 2 N–H and O–H groups in total. The zero-order valence-electron chi connectivity index (χ0n) is 10.2. The highest BCUT2D eigenvalue weighted by atomic mass is 35.5. The van der Waals surface area contributed by atoms with Gasteiger partial charge in [-0.3, -0.25) is 0 Å². The Morgan fingerprint density at radius 2 is 2.35 bits per heavy atom. The van der Waals surface area contributed by atoms with Crippen molar-refractivity contribution in [3.05, 3.63) is 34.9 Å². The molecule has 2 unspecified atom stereocenters. The second-order valence-electron chi connectivity index (χ2n) is 4.97. The van der Waals surface area contributed by atoms with Crippen molar-refractivity contribution in [2.75, 3.05) is 13.1 Å². The van der Waals surface area contributed by atoms with Crippen molar-refractivity contribution in [1.82, 2.24) is 5.32 Å². The molecule has 1 aliphatic rings. The fourth-order valence-electron chi connectivity index (χ4n) is 2.73. The number of halogens is 1. The van der Waals surface area contributed by atoms with Gasteiger partial charge in [0.05, 0.1) is 5.60 Å². The fraction of sp³-hybridized carbons (Fsp3) is 0.571. The Morgan fingerprint density at radius 3 is 3.06 bits per heavy atom. The van der Waals surface area contributed by atoms with Gasteiger partial charge in [0.2, 0.25) is 0 Å². The minimum atomic E-state index is -0.579. The summed E-state index contributed by atoms with van der Waals surface area (Å²) < 4.78 is 0. The van der Waals surface area contributed by atoms with Crippen LogP contribution >= 0.6 is 11.6 Å². The summed E-state index contributed by atoms with van der Waals surface area (Å²) in [6.45, 7) is 3.95. The van der Waals surface area contributed by atoms with Crippen LogP contribution in [0, 0.1) is 5.92 Å². The zero-order valence-corrected chi connectivity index (χ0v) is 11.0. The Kier molecular flexibility index (Phi) is 4.08. The first-order chi connectivity index (χ1) is 8.14. The van der Waals surface area contributed by atoms with Gasteiger partial charge in [0.25, 0.3) is 0 Å². The molecule has 1 fully saturated rings. The van der Waals surface area contributed by atoms with E-state index in [1.807, 2.05) is 24.3 Å². The molecule has 2 rings (SSSR count). The highest BCUT2D eigenvalue weighted by molar-refractivity contribution is 6.30. The van der Waals surface area contributed by atoms with Crippen molar-refractivity contribution in [2.24, 2.45) is 5.92 Å². The summed E-state index contributed by atoms with van der Waals surface area (Å²) >= 11 is 5.98. The molecule has 2 nitrogen and oxygen atoms in total. The van der Waals surface area contributed by atoms with Crippen molar-refractivity contribution >= 4 is 11.6 Å². The first-order valence-corrected chi connectivity index (χ1v) is 6.69. The predicted molar refractivity (Wildman–Crippen MR) is 71.4 cm³/mol. The Hall–Kier alpha value is -0.570. The first-order valence-electron chi connectivity index (χ1n) is 6.31. The van der Waals surface area contributed by atoms with Crippen LogP contribution in [0.5, 0.6) is 0 Å². The highest BCUT2D eigenvalue weighted by Gasteiger charge is 2.37. The molecule has 0 amide bonds. The van der Waals surface area contributed by atoms with Gasteiger partial charge in [-0.1, -0.05) is 30.7 Å². The normalized spacial score (nSPS) is 29.2. The third kappa shape index (κ3) is 3.01. The highest BCUT2D eigenvalue weighted by Crippen LogP contribution is 2.31. The molecule has 0 aromatic heterocycles. The predicted octanol–water partition coefficient (Wildman–Crippen LogP) is 2.63. The van der Waals surface area contributed by atoms with Gasteiger partial charge in [0.15, 0.2) is 0 Å². The molecule has 0 saturated carbocycles. The van der Waals surface area contributed by atoms with Gasteiger partial charge < -0.3 is 10.4 Å². The minimum Gasteiger partial charge on any atom is -0.389 e. The maximum Gasteiger partial charge on any atom is 0.0740 e. The topological polar surface area (TPSA) is 32.3 Å². The van der Waals surface area contributed by atoms with Gasteiger partial charge in [-0.05, 0) is 37.1 Å². The molecule has 1 heterocycles. The lowest BCUT2D eigenvalue weighted by atomic mass is 9.76. The average molecular weight is 254 g/mol. The van der Waals surface area contributed by atoms with Gasteiger partial charge in [-0.2, -0.15) is 0 Å². The second kappa shape index (κ2) is 5.38. The van der Waals surface area contributed by atoms with E-state index in [0.29, 0.717) is 12.3 Å². The first kappa shape index (κ1) is 12.9. The van der Waals surface area contributed by atoms with E-state index in [-0.39, 0.29) is 0 Å². The summed E-state index contributed by atoms with van der Waals surface area (Å²) in [5.41, 5.74) is 0.547. The Morgan fingerprint density at radius 1 is 1.53 bits per heavy atom.